The number of carbonyl (C=O) groups excluding carboxylic acids is 2. The summed E-state index contributed by atoms with van der Waals surface area (Å²) in [5, 5.41) is 3.09. The minimum Gasteiger partial charge on any atom is -0.352 e. The maximum absolute atomic E-state index is 12.7. The van der Waals surface area contributed by atoms with E-state index >= 15 is 0 Å². The van der Waals surface area contributed by atoms with Crippen LogP contribution in [-0.4, -0.2) is 84.4 Å². The lowest BCUT2D eigenvalue weighted by molar-refractivity contribution is -0.135. The molecule has 148 valence electrons. The molecule has 0 aromatic heterocycles. The highest BCUT2D eigenvalue weighted by Gasteiger charge is 2.31. The summed E-state index contributed by atoms with van der Waals surface area (Å²) in [4.78, 5) is 31.3. The third kappa shape index (κ3) is 5.19. The van der Waals surface area contributed by atoms with Gasteiger partial charge in [0.1, 0.15) is 0 Å². The summed E-state index contributed by atoms with van der Waals surface area (Å²) in [5.41, 5.74) is 0. The molecule has 3 fully saturated rings. The monoisotopic (exact) mass is 364 g/mol. The van der Waals surface area contributed by atoms with Gasteiger partial charge in [-0.2, -0.15) is 0 Å². The molecule has 1 N–H and O–H groups in total. The van der Waals surface area contributed by atoms with E-state index in [2.05, 4.69) is 22.0 Å². The lowest BCUT2D eigenvalue weighted by Crippen LogP contribution is -2.55. The summed E-state index contributed by atoms with van der Waals surface area (Å²) < 4.78 is 0. The summed E-state index contributed by atoms with van der Waals surface area (Å²) in [6.07, 6.45) is 7.02. The summed E-state index contributed by atoms with van der Waals surface area (Å²) >= 11 is 0. The number of piperazine rings is 1. The lowest BCUT2D eigenvalue weighted by atomic mass is 9.87. The first-order chi connectivity index (χ1) is 12.4. The second kappa shape index (κ2) is 8.70. The molecule has 6 nitrogen and oxygen atoms in total. The Morgan fingerprint density at radius 1 is 1.04 bits per heavy atom. The van der Waals surface area contributed by atoms with E-state index in [1.54, 1.807) is 0 Å². The number of amides is 2. The van der Waals surface area contributed by atoms with Crippen LogP contribution >= 0.6 is 0 Å². The highest BCUT2D eigenvalue weighted by atomic mass is 16.2. The number of carbonyl (C=O) groups is 2. The summed E-state index contributed by atoms with van der Waals surface area (Å²) in [6.45, 7) is 8.26. The standard InChI is InChI=1S/C20H36N4O2/c1-15-4-8-18(9-5-15)22(3)19(25)14-23-10-12-24(13-11-23)16(2)20(26)21-17-6-7-17/h15-18H,4-14H2,1-3H3,(H,21,26)/t15?,16-,18?/m0/s1. The second-order valence-corrected chi connectivity index (χ2v) is 8.69. The maximum Gasteiger partial charge on any atom is 0.237 e. The van der Waals surface area contributed by atoms with Crippen molar-refractivity contribution in [1.29, 1.82) is 0 Å². The van der Waals surface area contributed by atoms with Gasteiger partial charge in [0.2, 0.25) is 11.8 Å². The smallest absolute Gasteiger partial charge is 0.237 e. The molecular formula is C20H36N4O2. The summed E-state index contributed by atoms with van der Waals surface area (Å²) in [6, 6.07) is 0.772. The first-order valence-electron chi connectivity index (χ1n) is 10.5. The highest BCUT2D eigenvalue weighted by molar-refractivity contribution is 5.82. The minimum absolute atomic E-state index is 0.0691. The fourth-order valence-electron chi connectivity index (χ4n) is 4.16. The van der Waals surface area contributed by atoms with E-state index < -0.39 is 0 Å². The van der Waals surface area contributed by atoms with Crippen LogP contribution in [0.4, 0.5) is 0 Å². The molecule has 1 heterocycles. The van der Waals surface area contributed by atoms with Gasteiger partial charge in [-0.15, -0.1) is 0 Å². The molecule has 1 aliphatic heterocycles. The molecular weight excluding hydrogens is 328 g/mol. The van der Waals surface area contributed by atoms with E-state index in [9.17, 15) is 9.59 Å². The van der Waals surface area contributed by atoms with Crippen molar-refractivity contribution in [2.75, 3.05) is 39.8 Å². The minimum atomic E-state index is -0.0691. The van der Waals surface area contributed by atoms with Crippen LogP contribution < -0.4 is 5.32 Å². The summed E-state index contributed by atoms with van der Waals surface area (Å²) in [7, 11) is 1.98. The topological polar surface area (TPSA) is 55.9 Å². The van der Waals surface area contributed by atoms with Crippen LogP contribution in [0.1, 0.15) is 52.4 Å². The van der Waals surface area contributed by atoms with Crippen LogP contribution in [-0.2, 0) is 9.59 Å². The Bertz CT molecular complexity index is 492. The highest BCUT2D eigenvalue weighted by Crippen LogP contribution is 2.26. The Morgan fingerprint density at radius 2 is 1.65 bits per heavy atom. The summed E-state index contributed by atoms with van der Waals surface area (Å²) in [5.74, 6) is 1.21. The normalized spacial score (nSPS) is 29.2. The molecule has 0 spiro atoms. The van der Waals surface area contributed by atoms with E-state index in [4.69, 9.17) is 0 Å². The maximum atomic E-state index is 12.7. The van der Waals surface area contributed by atoms with Crippen molar-refractivity contribution in [2.45, 2.75) is 70.5 Å². The van der Waals surface area contributed by atoms with Crippen LogP contribution in [0.15, 0.2) is 0 Å². The molecule has 2 aliphatic carbocycles. The first kappa shape index (κ1) is 19.6. The number of hydrogen-bond acceptors (Lipinski definition) is 4. The predicted octanol–water partition coefficient (Wildman–Crippen LogP) is 1.31. The molecule has 0 aromatic rings. The second-order valence-electron chi connectivity index (χ2n) is 8.69. The van der Waals surface area contributed by atoms with Crippen LogP contribution in [0.25, 0.3) is 0 Å². The van der Waals surface area contributed by atoms with Crippen LogP contribution in [0, 0.1) is 5.92 Å². The van der Waals surface area contributed by atoms with E-state index in [0.717, 1.165) is 57.8 Å². The van der Waals surface area contributed by atoms with Gasteiger partial charge in [0.25, 0.3) is 0 Å². The fraction of sp³-hybridized carbons (Fsp3) is 0.900. The van der Waals surface area contributed by atoms with Crippen molar-refractivity contribution in [3.05, 3.63) is 0 Å². The molecule has 0 unspecified atom stereocenters. The van der Waals surface area contributed by atoms with E-state index in [0.29, 0.717) is 18.6 Å². The molecule has 0 radical (unpaired) electrons. The average Bonchev–Trinajstić information content (AvgIpc) is 3.45. The zero-order valence-corrected chi connectivity index (χ0v) is 16.7. The van der Waals surface area contributed by atoms with Crippen LogP contribution in [0.3, 0.4) is 0 Å². The quantitative estimate of drug-likeness (QED) is 0.772. The Balaban J connectivity index is 1.38. The van der Waals surface area contributed by atoms with Crippen molar-refractivity contribution in [1.82, 2.24) is 20.0 Å². The third-order valence-electron chi connectivity index (χ3n) is 6.54. The molecule has 26 heavy (non-hydrogen) atoms. The lowest BCUT2D eigenvalue weighted by Gasteiger charge is -2.39. The van der Waals surface area contributed by atoms with Crippen molar-refractivity contribution in [3.63, 3.8) is 0 Å². The van der Waals surface area contributed by atoms with Gasteiger partial charge in [-0.3, -0.25) is 19.4 Å². The Morgan fingerprint density at radius 3 is 2.23 bits per heavy atom. The van der Waals surface area contributed by atoms with Crippen molar-refractivity contribution in [3.8, 4) is 0 Å². The van der Waals surface area contributed by atoms with Crippen LogP contribution in [0.2, 0.25) is 0 Å². The average molecular weight is 365 g/mol. The largest absolute Gasteiger partial charge is 0.352 e. The van der Waals surface area contributed by atoms with Gasteiger partial charge in [0.05, 0.1) is 12.6 Å². The SMILES string of the molecule is CC1CCC(N(C)C(=O)CN2CCN([C@@H](C)C(=O)NC3CC3)CC2)CC1. The van der Waals surface area contributed by atoms with Gasteiger partial charge in [-0.1, -0.05) is 6.92 Å². The van der Waals surface area contributed by atoms with Gasteiger partial charge in [-0.25, -0.2) is 0 Å². The molecule has 2 saturated carbocycles. The zero-order chi connectivity index (χ0) is 18.7. The predicted molar refractivity (Wildman–Crippen MR) is 103 cm³/mol. The molecule has 0 bridgehead atoms. The molecule has 1 atom stereocenters. The molecule has 0 aromatic carbocycles. The molecule has 3 rings (SSSR count). The van der Waals surface area contributed by atoms with Gasteiger partial charge >= 0.3 is 0 Å². The van der Waals surface area contributed by atoms with Gasteiger partial charge in [-0.05, 0) is 51.4 Å². The van der Waals surface area contributed by atoms with Crippen LogP contribution in [0.5, 0.6) is 0 Å². The van der Waals surface area contributed by atoms with E-state index in [1.165, 1.54) is 12.8 Å². The first-order valence-corrected chi connectivity index (χ1v) is 10.5. The zero-order valence-electron chi connectivity index (χ0n) is 16.7. The Hall–Kier alpha value is -1.14. The van der Waals surface area contributed by atoms with Crippen molar-refractivity contribution >= 4 is 11.8 Å². The van der Waals surface area contributed by atoms with Gasteiger partial charge in [0.15, 0.2) is 0 Å². The molecule has 1 saturated heterocycles. The number of rotatable bonds is 6. The number of likely N-dealkylation sites (N-methyl/N-ethyl adjacent to an activating group) is 1. The number of nitrogens with one attached hydrogen (secondary N) is 1. The number of nitrogens with zero attached hydrogens (tertiary/aromatic N) is 3. The molecule has 3 aliphatic rings. The van der Waals surface area contributed by atoms with Crippen molar-refractivity contribution < 1.29 is 9.59 Å². The Labute approximate surface area is 158 Å². The molecule has 2 amide bonds. The third-order valence-corrected chi connectivity index (χ3v) is 6.54. The molecule has 6 heteroatoms. The fourth-order valence-corrected chi connectivity index (χ4v) is 4.16. The van der Waals surface area contributed by atoms with Crippen molar-refractivity contribution in [2.24, 2.45) is 5.92 Å². The van der Waals surface area contributed by atoms with Gasteiger partial charge < -0.3 is 10.2 Å². The number of hydrogen-bond donors (Lipinski definition) is 1. The van der Waals surface area contributed by atoms with E-state index in [-0.39, 0.29) is 17.9 Å². The van der Waals surface area contributed by atoms with Gasteiger partial charge in [0, 0.05) is 45.3 Å². The Kier molecular flexibility index (Phi) is 6.56. The van der Waals surface area contributed by atoms with E-state index in [1.807, 2.05) is 18.9 Å².